The Morgan fingerprint density at radius 1 is 0.933 bits per heavy atom. The van der Waals surface area contributed by atoms with Gasteiger partial charge in [0.15, 0.2) is 0 Å². The molecule has 1 aliphatic heterocycles. The van der Waals surface area contributed by atoms with Gasteiger partial charge in [-0.25, -0.2) is 9.59 Å². The zero-order valence-electron chi connectivity index (χ0n) is 16.8. The number of benzene rings is 2. The van der Waals surface area contributed by atoms with Gasteiger partial charge in [-0.05, 0) is 25.0 Å². The van der Waals surface area contributed by atoms with E-state index in [1.165, 1.54) is 0 Å². The minimum absolute atomic E-state index is 0.0162. The molecule has 2 aromatic carbocycles. The minimum atomic E-state index is -2.05. The highest BCUT2D eigenvalue weighted by molar-refractivity contribution is 6.07. The third kappa shape index (κ3) is 3.66. The molecule has 8 nitrogen and oxygen atoms in total. The van der Waals surface area contributed by atoms with Crippen molar-refractivity contribution in [1.29, 1.82) is 0 Å². The van der Waals surface area contributed by atoms with Gasteiger partial charge in [0.25, 0.3) is 0 Å². The summed E-state index contributed by atoms with van der Waals surface area (Å²) >= 11 is 0. The molecule has 2 aromatic rings. The third-order valence-electron chi connectivity index (χ3n) is 5.29. The van der Waals surface area contributed by atoms with E-state index >= 15 is 0 Å². The first-order chi connectivity index (χ1) is 14.5. The molecule has 0 aliphatic carbocycles. The molecule has 1 saturated heterocycles. The van der Waals surface area contributed by atoms with Gasteiger partial charge in [-0.2, -0.15) is 0 Å². The number of nitro groups is 1. The quantitative estimate of drug-likeness (QED) is 0.322. The lowest BCUT2D eigenvalue weighted by Crippen LogP contribution is -2.60. The average molecular weight is 412 g/mol. The number of hydrogen-bond acceptors (Lipinski definition) is 7. The van der Waals surface area contributed by atoms with E-state index in [1.807, 2.05) is 0 Å². The summed E-state index contributed by atoms with van der Waals surface area (Å²) < 4.78 is 10.5. The van der Waals surface area contributed by atoms with Gasteiger partial charge in [0.05, 0.1) is 19.1 Å². The Morgan fingerprint density at radius 3 is 1.83 bits per heavy atom. The monoisotopic (exact) mass is 412 g/mol. The van der Waals surface area contributed by atoms with Gasteiger partial charge >= 0.3 is 11.9 Å². The zero-order valence-corrected chi connectivity index (χ0v) is 16.8. The predicted molar refractivity (Wildman–Crippen MR) is 108 cm³/mol. The Balaban J connectivity index is 2.26. The molecule has 0 aromatic heterocycles. The molecule has 0 spiro atoms. The molecule has 8 heteroatoms. The molecule has 1 aliphatic rings. The van der Waals surface area contributed by atoms with Crippen LogP contribution in [0.1, 0.15) is 36.9 Å². The molecule has 0 amide bonds. The SMILES string of the molecule is CCOC(=O)C1(C(=O)OCC)N[C@H](c2ccccc2)[C@H]([N+](=O)[O-])[C@H]1c1ccccc1. The van der Waals surface area contributed by atoms with E-state index in [0.717, 1.165) is 0 Å². The van der Waals surface area contributed by atoms with Crippen molar-refractivity contribution in [2.75, 3.05) is 13.2 Å². The molecular weight excluding hydrogens is 388 g/mol. The normalized spacial score (nSPS) is 22.3. The maximum Gasteiger partial charge on any atom is 0.339 e. The second kappa shape index (κ2) is 9.04. The summed E-state index contributed by atoms with van der Waals surface area (Å²) in [5.74, 6) is -2.90. The number of nitrogens with one attached hydrogen (secondary N) is 1. The highest BCUT2D eigenvalue weighted by Gasteiger charge is 2.69. The second-order valence-corrected chi connectivity index (χ2v) is 6.95. The standard InChI is InChI=1S/C22H24N2O6/c1-3-29-20(25)22(21(26)30-4-2)17(15-11-7-5-8-12-15)19(24(27)28)18(23-22)16-13-9-6-10-14-16/h5-14,17-19,23H,3-4H2,1-2H3/t17-,18-,19-/m1/s1. The van der Waals surface area contributed by atoms with E-state index in [9.17, 15) is 19.7 Å². The number of carbonyl (C=O) groups is 2. The van der Waals surface area contributed by atoms with E-state index in [-0.39, 0.29) is 13.2 Å². The second-order valence-electron chi connectivity index (χ2n) is 6.95. The molecule has 30 heavy (non-hydrogen) atoms. The maximum absolute atomic E-state index is 13.2. The number of nitrogens with zero attached hydrogens (tertiary/aromatic N) is 1. The van der Waals surface area contributed by atoms with E-state index in [4.69, 9.17) is 9.47 Å². The van der Waals surface area contributed by atoms with Crippen molar-refractivity contribution < 1.29 is 24.0 Å². The Morgan fingerprint density at radius 2 is 1.40 bits per heavy atom. The van der Waals surface area contributed by atoms with Gasteiger partial charge in [0, 0.05) is 4.92 Å². The summed E-state index contributed by atoms with van der Waals surface area (Å²) in [4.78, 5) is 38.2. The first-order valence-electron chi connectivity index (χ1n) is 9.82. The van der Waals surface area contributed by atoms with Crippen molar-refractivity contribution in [3.05, 3.63) is 81.9 Å². The Labute approximate surface area is 174 Å². The van der Waals surface area contributed by atoms with Crippen molar-refractivity contribution >= 4 is 11.9 Å². The van der Waals surface area contributed by atoms with Gasteiger partial charge in [-0.1, -0.05) is 60.7 Å². The highest BCUT2D eigenvalue weighted by atomic mass is 16.6. The molecule has 0 bridgehead atoms. The molecule has 0 saturated carbocycles. The molecule has 3 rings (SSSR count). The van der Waals surface area contributed by atoms with Gasteiger partial charge in [-0.15, -0.1) is 0 Å². The molecule has 0 radical (unpaired) electrons. The highest BCUT2D eigenvalue weighted by Crippen LogP contribution is 2.47. The Hall–Kier alpha value is -3.26. The van der Waals surface area contributed by atoms with Gasteiger partial charge in [-0.3, -0.25) is 15.4 Å². The van der Waals surface area contributed by atoms with E-state index in [0.29, 0.717) is 11.1 Å². The number of esters is 2. The average Bonchev–Trinajstić information content (AvgIpc) is 3.13. The third-order valence-corrected chi connectivity index (χ3v) is 5.29. The van der Waals surface area contributed by atoms with Crippen molar-refractivity contribution in [2.24, 2.45) is 0 Å². The van der Waals surface area contributed by atoms with Gasteiger partial charge < -0.3 is 9.47 Å². The Kier molecular flexibility index (Phi) is 6.47. The predicted octanol–water partition coefficient (Wildman–Crippen LogP) is 2.63. The van der Waals surface area contributed by atoms with Crippen LogP contribution < -0.4 is 5.32 Å². The van der Waals surface area contributed by atoms with Crippen LogP contribution in [0, 0.1) is 10.1 Å². The van der Waals surface area contributed by atoms with Crippen LogP contribution in [0.5, 0.6) is 0 Å². The fourth-order valence-corrected chi connectivity index (χ4v) is 4.11. The largest absolute Gasteiger partial charge is 0.464 e. The van der Waals surface area contributed by atoms with E-state index < -0.39 is 40.4 Å². The van der Waals surface area contributed by atoms with Crippen molar-refractivity contribution in [3.8, 4) is 0 Å². The summed E-state index contributed by atoms with van der Waals surface area (Å²) in [7, 11) is 0. The van der Waals surface area contributed by atoms with Crippen LogP contribution >= 0.6 is 0 Å². The van der Waals surface area contributed by atoms with Crippen LogP contribution in [0.4, 0.5) is 0 Å². The molecule has 3 atom stereocenters. The summed E-state index contributed by atoms with van der Waals surface area (Å²) in [5, 5.41) is 15.3. The summed E-state index contributed by atoms with van der Waals surface area (Å²) in [6.45, 7) is 3.26. The summed E-state index contributed by atoms with van der Waals surface area (Å²) in [6.07, 6.45) is 0. The summed E-state index contributed by atoms with van der Waals surface area (Å²) in [5.41, 5.74) is -0.979. The molecular formula is C22H24N2O6. The smallest absolute Gasteiger partial charge is 0.339 e. The lowest BCUT2D eigenvalue weighted by atomic mass is 9.77. The van der Waals surface area contributed by atoms with Crippen molar-refractivity contribution in [1.82, 2.24) is 5.32 Å². The number of ether oxygens (including phenoxy) is 2. The first kappa shape index (κ1) is 21.4. The van der Waals surface area contributed by atoms with Crippen LogP contribution in [0.2, 0.25) is 0 Å². The lowest BCUT2D eigenvalue weighted by molar-refractivity contribution is -0.527. The van der Waals surface area contributed by atoms with E-state index in [1.54, 1.807) is 74.5 Å². The van der Waals surface area contributed by atoms with Crippen molar-refractivity contribution in [2.45, 2.75) is 37.4 Å². The maximum atomic E-state index is 13.2. The number of hydrogen-bond donors (Lipinski definition) is 1. The van der Waals surface area contributed by atoms with Crippen LogP contribution in [-0.2, 0) is 19.1 Å². The topological polar surface area (TPSA) is 108 Å². The van der Waals surface area contributed by atoms with Gasteiger partial charge in [0.2, 0.25) is 11.6 Å². The zero-order chi connectivity index (χ0) is 21.7. The van der Waals surface area contributed by atoms with Crippen LogP contribution in [0.15, 0.2) is 60.7 Å². The molecule has 1 N–H and O–H groups in total. The van der Waals surface area contributed by atoms with E-state index in [2.05, 4.69) is 5.32 Å². The molecule has 1 heterocycles. The van der Waals surface area contributed by atoms with Crippen LogP contribution in [0.25, 0.3) is 0 Å². The summed E-state index contributed by atoms with van der Waals surface area (Å²) in [6, 6.07) is 15.1. The molecule has 158 valence electrons. The number of rotatable bonds is 7. The first-order valence-corrected chi connectivity index (χ1v) is 9.82. The molecule has 1 fully saturated rings. The van der Waals surface area contributed by atoms with Crippen LogP contribution in [-0.4, -0.2) is 41.7 Å². The fraction of sp³-hybridized carbons (Fsp3) is 0.364. The lowest BCUT2D eigenvalue weighted by Gasteiger charge is -2.30. The Bertz CT molecular complexity index is 884. The molecule has 0 unspecified atom stereocenters. The fourth-order valence-electron chi connectivity index (χ4n) is 4.11. The minimum Gasteiger partial charge on any atom is -0.464 e. The van der Waals surface area contributed by atoms with Crippen LogP contribution in [0.3, 0.4) is 0 Å². The number of carbonyl (C=O) groups excluding carboxylic acids is 2. The van der Waals surface area contributed by atoms with Crippen molar-refractivity contribution in [3.63, 3.8) is 0 Å². The van der Waals surface area contributed by atoms with Gasteiger partial charge in [0.1, 0.15) is 6.04 Å².